The van der Waals surface area contributed by atoms with Crippen molar-refractivity contribution < 1.29 is 4.74 Å². The fourth-order valence-corrected chi connectivity index (χ4v) is 4.96. The first-order chi connectivity index (χ1) is 18.1. The number of aromatic nitrogens is 2. The lowest BCUT2D eigenvalue weighted by Crippen LogP contribution is -2.21. The Kier molecular flexibility index (Phi) is 6.07. The molecule has 1 aliphatic rings. The van der Waals surface area contributed by atoms with Crippen LogP contribution in [0.25, 0.3) is 22.2 Å². The van der Waals surface area contributed by atoms with Crippen molar-refractivity contribution in [2.24, 2.45) is 5.10 Å². The summed E-state index contributed by atoms with van der Waals surface area (Å²) < 4.78 is 5.39. The van der Waals surface area contributed by atoms with Crippen LogP contribution < -0.4 is 9.75 Å². The third kappa shape index (κ3) is 4.54. The second-order valence-corrected chi connectivity index (χ2v) is 9.59. The molecule has 182 valence electrons. The third-order valence-electron chi connectivity index (χ3n) is 6.66. The van der Waals surface area contributed by atoms with E-state index in [0.29, 0.717) is 11.0 Å². The molecule has 1 aromatic heterocycles. The number of hydrogen-bond donors (Lipinski definition) is 0. The minimum Gasteiger partial charge on any atom is -0.497 e. The number of methoxy groups -OCH3 is 1. The molecule has 6 rings (SSSR count). The summed E-state index contributed by atoms with van der Waals surface area (Å²) in [5.74, 6) is 1.37. The highest BCUT2D eigenvalue weighted by Crippen LogP contribution is 2.38. The van der Waals surface area contributed by atoms with Gasteiger partial charge in [-0.3, -0.25) is 0 Å². The van der Waals surface area contributed by atoms with Gasteiger partial charge < -0.3 is 4.74 Å². The van der Waals surface area contributed by atoms with Gasteiger partial charge in [0.25, 0.3) is 0 Å². The van der Waals surface area contributed by atoms with E-state index in [0.717, 1.165) is 51.2 Å². The topological polar surface area (TPSA) is 50.6 Å². The maximum absolute atomic E-state index is 6.37. The summed E-state index contributed by atoms with van der Waals surface area (Å²) in [4.78, 5) is 10.0. The molecule has 0 radical (unpaired) electrons. The molecule has 6 heteroatoms. The summed E-state index contributed by atoms with van der Waals surface area (Å²) in [5, 5.41) is 8.61. The number of benzene rings is 4. The number of nitrogens with zero attached hydrogens (tertiary/aromatic N) is 4. The summed E-state index contributed by atoms with van der Waals surface area (Å²) in [5.41, 5.74) is 7.08. The Morgan fingerprint density at radius 2 is 1.62 bits per heavy atom. The monoisotopic (exact) mass is 504 g/mol. The molecule has 4 aromatic carbocycles. The van der Waals surface area contributed by atoms with Crippen molar-refractivity contribution in [2.45, 2.75) is 19.4 Å². The number of hydrazone groups is 1. The van der Waals surface area contributed by atoms with Gasteiger partial charge in [-0.2, -0.15) is 5.10 Å². The predicted molar refractivity (Wildman–Crippen MR) is 151 cm³/mol. The fraction of sp³-hybridized carbons (Fsp3) is 0.129. The van der Waals surface area contributed by atoms with Gasteiger partial charge >= 0.3 is 0 Å². The highest BCUT2D eigenvalue weighted by molar-refractivity contribution is 6.31. The van der Waals surface area contributed by atoms with Crippen LogP contribution in [0, 0.1) is 6.92 Å². The van der Waals surface area contributed by atoms with Crippen LogP contribution in [-0.2, 0) is 0 Å². The van der Waals surface area contributed by atoms with Crippen LogP contribution in [0.3, 0.4) is 0 Å². The average Bonchev–Trinajstić information content (AvgIpc) is 3.39. The fourth-order valence-electron chi connectivity index (χ4n) is 4.79. The first kappa shape index (κ1) is 23.2. The Hall–Kier alpha value is -4.22. The smallest absolute Gasteiger partial charge is 0.247 e. The van der Waals surface area contributed by atoms with Crippen molar-refractivity contribution in [3.63, 3.8) is 0 Å². The lowest BCUT2D eigenvalue weighted by atomic mass is 9.97. The largest absolute Gasteiger partial charge is 0.497 e. The number of aryl methyl sites for hydroxylation is 1. The zero-order valence-corrected chi connectivity index (χ0v) is 21.4. The molecule has 0 saturated carbocycles. The van der Waals surface area contributed by atoms with E-state index >= 15 is 0 Å². The quantitative estimate of drug-likeness (QED) is 0.247. The molecule has 1 unspecified atom stereocenters. The van der Waals surface area contributed by atoms with Crippen molar-refractivity contribution in [3.8, 4) is 17.0 Å². The molecule has 0 bridgehead atoms. The maximum Gasteiger partial charge on any atom is 0.247 e. The molecule has 2 heterocycles. The molecule has 1 atom stereocenters. The highest BCUT2D eigenvalue weighted by atomic mass is 35.5. The van der Waals surface area contributed by atoms with Gasteiger partial charge in [-0.15, -0.1) is 0 Å². The Labute approximate surface area is 221 Å². The minimum atomic E-state index is -0.0604. The van der Waals surface area contributed by atoms with Crippen molar-refractivity contribution in [3.05, 3.63) is 119 Å². The van der Waals surface area contributed by atoms with Crippen LogP contribution >= 0.6 is 11.6 Å². The van der Waals surface area contributed by atoms with E-state index in [2.05, 4.69) is 55.5 Å². The van der Waals surface area contributed by atoms with Crippen LogP contribution in [0.15, 0.2) is 102 Å². The van der Waals surface area contributed by atoms with Crippen molar-refractivity contribution in [2.75, 3.05) is 12.1 Å². The van der Waals surface area contributed by atoms with Gasteiger partial charge in [-0.05, 0) is 48.4 Å². The molecule has 1 aliphatic heterocycles. The van der Waals surface area contributed by atoms with E-state index in [-0.39, 0.29) is 6.04 Å². The first-order valence-electron chi connectivity index (χ1n) is 12.2. The molecule has 0 fully saturated rings. The van der Waals surface area contributed by atoms with E-state index < -0.39 is 0 Å². The van der Waals surface area contributed by atoms with Crippen LogP contribution in [-0.4, -0.2) is 22.8 Å². The van der Waals surface area contributed by atoms with Gasteiger partial charge in [0.1, 0.15) is 5.75 Å². The van der Waals surface area contributed by atoms with Crippen LogP contribution in [0.4, 0.5) is 5.95 Å². The van der Waals surface area contributed by atoms with Gasteiger partial charge in [-0.1, -0.05) is 83.9 Å². The van der Waals surface area contributed by atoms with Gasteiger partial charge in [-0.25, -0.2) is 15.0 Å². The van der Waals surface area contributed by atoms with Gasteiger partial charge in [0.05, 0.1) is 30.1 Å². The highest BCUT2D eigenvalue weighted by Gasteiger charge is 2.32. The summed E-state index contributed by atoms with van der Waals surface area (Å²) in [7, 11) is 1.68. The Bertz CT molecular complexity index is 1620. The number of fused-ring (bicyclic) bond motifs is 1. The lowest BCUT2D eigenvalue weighted by Gasteiger charge is -2.23. The van der Waals surface area contributed by atoms with Crippen molar-refractivity contribution in [1.29, 1.82) is 0 Å². The van der Waals surface area contributed by atoms with Crippen molar-refractivity contribution >= 4 is 34.2 Å². The van der Waals surface area contributed by atoms with E-state index in [9.17, 15) is 0 Å². The van der Waals surface area contributed by atoms with Crippen molar-refractivity contribution in [1.82, 2.24) is 9.97 Å². The molecule has 0 aliphatic carbocycles. The predicted octanol–water partition coefficient (Wildman–Crippen LogP) is 7.62. The number of hydrogen-bond acceptors (Lipinski definition) is 5. The first-order valence-corrected chi connectivity index (χ1v) is 12.6. The van der Waals surface area contributed by atoms with Crippen LogP contribution in [0.2, 0.25) is 5.02 Å². The van der Waals surface area contributed by atoms with Crippen LogP contribution in [0.1, 0.15) is 29.2 Å². The molecule has 5 nitrogen and oxygen atoms in total. The van der Waals surface area contributed by atoms with Gasteiger partial charge in [0.2, 0.25) is 5.95 Å². The summed E-state index contributed by atoms with van der Waals surface area (Å²) in [6.07, 6.45) is 0.735. The number of halogens is 1. The third-order valence-corrected chi connectivity index (χ3v) is 6.90. The van der Waals surface area contributed by atoms with E-state index in [1.54, 1.807) is 7.11 Å². The zero-order valence-electron chi connectivity index (χ0n) is 20.6. The molecular weight excluding hydrogens is 480 g/mol. The molecule has 37 heavy (non-hydrogen) atoms. The maximum atomic E-state index is 6.37. The molecule has 0 amide bonds. The normalized spacial score (nSPS) is 15.2. The summed E-state index contributed by atoms with van der Waals surface area (Å²) in [6, 6.07) is 32.4. The second kappa shape index (κ2) is 9.68. The minimum absolute atomic E-state index is 0.0604. The molecule has 5 aromatic rings. The molecule has 0 N–H and O–H groups in total. The number of ether oxygens (including phenoxy) is 1. The van der Waals surface area contributed by atoms with E-state index in [4.69, 9.17) is 31.4 Å². The molecular formula is C31H25ClN4O. The summed E-state index contributed by atoms with van der Waals surface area (Å²) in [6.45, 7) is 2.10. The zero-order chi connectivity index (χ0) is 25.4. The SMILES string of the molecule is COc1ccc(C2CC(c3cccc(C)c3)=NN2c2nc(-c3ccccc3)c3cc(Cl)ccc3n2)cc1. The van der Waals surface area contributed by atoms with Gasteiger partial charge in [0.15, 0.2) is 0 Å². The molecule has 0 spiro atoms. The number of anilines is 1. The van der Waals surface area contributed by atoms with E-state index in [1.165, 1.54) is 5.56 Å². The van der Waals surface area contributed by atoms with Gasteiger partial charge in [0, 0.05) is 22.4 Å². The Morgan fingerprint density at radius 1 is 0.838 bits per heavy atom. The molecule has 0 saturated heterocycles. The van der Waals surface area contributed by atoms with E-state index in [1.807, 2.05) is 53.5 Å². The number of rotatable bonds is 5. The Morgan fingerprint density at radius 3 is 2.38 bits per heavy atom. The average molecular weight is 505 g/mol. The second-order valence-electron chi connectivity index (χ2n) is 9.15. The Balaban J connectivity index is 1.53. The standard InChI is InChI=1S/C31H25ClN4O/c1-20-7-6-10-23(17-20)28-19-29(21-11-14-25(37-2)15-12-21)36(35-28)31-33-27-16-13-24(32)18-26(27)30(34-31)22-8-4-3-5-9-22/h3-18,29H,19H2,1-2H3. The lowest BCUT2D eigenvalue weighted by molar-refractivity contribution is 0.414. The van der Waals surface area contributed by atoms with Crippen LogP contribution in [0.5, 0.6) is 5.75 Å². The summed E-state index contributed by atoms with van der Waals surface area (Å²) >= 11 is 6.37.